The first-order chi connectivity index (χ1) is 12.9. The van der Waals surface area contributed by atoms with Crippen molar-refractivity contribution in [3.63, 3.8) is 0 Å². The lowest BCUT2D eigenvalue weighted by Crippen LogP contribution is -2.67. The predicted molar refractivity (Wildman–Crippen MR) is 113 cm³/mol. The van der Waals surface area contributed by atoms with E-state index >= 15 is 0 Å². The van der Waals surface area contributed by atoms with Gasteiger partial charge in [-0.1, -0.05) is 81.4 Å². The smallest absolute Gasteiger partial charge is 0.317 e. The summed E-state index contributed by atoms with van der Waals surface area (Å²) in [4.78, 5) is 13.9. The van der Waals surface area contributed by atoms with Crippen LogP contribution in [0.25, 0.3) is 0 Å². The third-order valence-electron chi connectivity index (χ3n) is 5.41. The molecule has 144 valence electrons. The minimum atomic E-state index is -2.55. The SMILES string of the molecule is CNC(=O)N1CCC(O[Si](c2ccccc2)(c2ccccc2)C(C)(C)C)C1. The quantitative estimate of drug-likeness (QED) is 0.826. The van der Waals surface area contributed by atoms with Crippen LogP contribution in [0, 0.1) is 0 Å². The molecule has 1 fully saturated rings. The molecule has 27 heavy (non-hydrogen) atoms. The van der Waals surface area contributed by atoms with E-state index in [9.17, 15) is 4.79 Å². The van der Waals surface area contributed by atoms with E-state index in [4.69, 9.17) is 4.43 Å². The first-order valence-corrected chi connectivity index (χ1v) is 11.5. The third-order valence-corrected chi connectivity index (χ3v) is 10.5. The first-order valence-electron chi connectivity index (χ1n) is 9.64. The van der Waals surface area contributed by atoms with Gasteiger partial charge in [-0.25, -0.2) is 4.79 Å². The first kappa shape index (κ1) is 19.6. The summed E-state index contributed by atoms with van der Waals surface area (Å²) < 4.78 is 7.08. The molecule has 1 aliphatic heterocycles. The van der Waals surface area contributed by atoms with Crippen molar-refractivity contribution in [2.75, 3.05) is 20.1 Å². The molecule has 3 rings (SSSR count). The van der Waals surface area contributed by atoms with Crippen molar-refractivity contribution in [3.05, 3.63) is 60.7 Å². The number of benzene rings is 2. The van der Waals surface area contributed by atoms with E-state index in [0.717, 1.165) is 13.0 Å². The molecule has 2 amide bonds. The van der Waals surface area contributed by atoms with Gasteiger partial charge in [0.1, 0.15) is 0 Å². The Morgan fingerprint density at radius 2 is 1.56 bits per heavy atom. The molecule has 0 radical (unpaired) electrons. The highest BCUT2D eigenvalue weighted by Gasteiger charge is 2.52. The predicted octanol–water partition coefficient (Wildman–Crippen LogP) is 2.98. The Morgan fingerprint density at radius 3 is 2.00 bits per heavy atom. The molecule has 0 spiro atoms. The van der Waals surface area contributed by atoms with Gasteiger partial charge in [0, 0.05) is 20.1 Å². The molecule has 1 aliphatic rings. The summed E-state index contributed by atoms with van der Waals surface area (Å²) >= 11 is 0. The lowest BCUT2D eigenvalue weighted by molar-refractivity contribution is 0.181. The van der Waals surface area contributed by atoms with Gasteiger partial charge >= 0.3 is 6.03 Å². The summed E-state index contributed by atoms with van der Waals surface area (Å²) in [7, 11) is -0.868. The van der Waals surface area contributed by atoms with Gasteiger partial charge in [-0.2, -0.15) is 0 Å². The van der Waals surface area contributed by atoms with Crippen LogP contribution in [0.1, 0.15) is 27.2 Å². The fourth-order valence-electron chi connectivity index (χ4n) is 4.11. The molecule has 4 nitrogen and oxygen atoms in total. The Balaban J connectivity index is 2.04. The molecular formula is C22H30N2O2Si. The van der Waals surface area contributed by atoms with E-state index < -0.39 is 8.32 Å². The Labute approximate surface area is 163 Å². The zero-order valence-electron chi connectivity index (χ0n) is 16.7. The molecule has 1 N–H and O–H groups in total. The molecule has 2 aromatic rings. The lowest BCUT2D eigenvalue weighted by atomic mass is 10.2. The summed E-state index contributed by atoms with van der Waals surface area (Å²) in [5, 5.41) is 5.24. The number of amides is 2. The van der Waals surface area contributed by atoms with Crippen molar-refractivity contribution in [2.45, 2.75) is 38.3 Å². The lowest BCUT2D eigenvalue weighted by Gasteiger charge is -2.44. The van der Waals surface area contributed by atoms with Gasteiger partial charge in [0.05, 0.1) is 6.10 Å². The second kappa shape index (κ2) is 7.86. The van der Waals surface area contributed by atoms with Crippen LogP contribution in [0.2, 0.25) is 5.04 Å². The third kappa shape index (κ3) is 3.80. The van der Waals surface area contributed by atoms with E-state index in [1.54, 1.807) is 7.05 Å². The van der Waals surface area contributed by atoms with E-state index in [-0.39, 0.29) is 17.2 Å². The molecular weight excluding hydrogens is 352 g/mol. The number of hydrogen-bond donors (Lipinski definition) is 1. The molecule has 1 heterocycles. The van der Waals surface area contributed by atoms with Crippen molar-refractivity contribution >= 4 is 24.7 Å². The minimum Gasteiger partial charge on any atom is -0.403 e. The number of rotatable bonds is 4. The monoisotopic (exact) mass is 382 g/mol. The molecule has 0 saturated carbocycles. The average Bonchev–Trinajstić information content (AvgIpc) is 3.14. The van der Waals surface area contributed by atoms with Crippen molar-refractivity contribution in [1.82, 2.24) is 10.2 Å². The van der Waals surface area contributed by atoms with Crippen LogP contribution in [0.5, 0.6) is 0 Å². The van der Waals surface area contributed by atoms with Crippen LogP contribution < -0.4 is 15.7 Å². The summed E-state index contributed by atoms with van der Waals surface area (Å²) in [5.74, 6) is 0. The molecule has 1 saturated heterocycles. The van der Waals surface area contributed by atoms with Crippen molar-refractivity contribution in [2.24, 2.45) is 0 Å². The minimum absolute atomic E-state index is 0.0245. The largest absolute Gasteiger partial charge is 0.403 e. The summed E-state index contributed by atoms with van der Waals surface area (Å²) in [6, 6.07) is 21.3. The Hall–Kier alpha value is -2.11. The highest BCUT2D eigenvalue weighted by atomic mass is 28.4. The van der Waals surface area contributed by atoms with Crippen LogP contribution >= 0.6 is 0 Å². The van der Waals surface area contributed by atoms with Crippen LogP contribution in [-0.2, 0) is 4.43 Å². The number of hydrogen-bond acceptors (Lipinski definition) is 2. The molecule has 0 aromatic heterocycles. The Morgan fingerprint density at radius 1 is 1.04 bits per heavy atom. The van der Waals surface area contributed by atoms with Crippen LogP contribution in [-0.4, -0.2) is 45.5 Å². The van der Waals surface area contributed by atoms with Crippen molar-refractivity contribution in [3.8, 4) is 0 Å². The van der Waals surface area contributed by atoms with E-state index in [1.807, 2.05) is 4.90 Å². The fraction of sp³-hybridized carbons (Fsp3) is 0.409. The zero-order chi connectivity index (χ0) is 19.5. The number of nitrogens with one attached hydrogen (secondary N) is 1. The highest BCUT2D eigenvalue weighted by molar-refractivity contribution is 6.99. The fourth-order valence-corrected chi connectivity index (χ4v) is 8.82. The standard InChI is InChI=1S/C22H30N2O2Si/c1-22(2,3)27(19-11-7-5-8-12-19,20-13-9-6-10-14-20)26-18-15-16-24(17-18)21(25)23-4/h5-14,18H,15-17H2,1-4H3,(H,23,25). The van der Waals surface area contributed by atoms with Gasteiger partial charge in [-0.15, -0.1) is 0 Å². The van der Waals surface area contributed by atoms with Gasteiger partial charge in [-0.05, 0) is 21.8 Å². The summed E-state index contributed by atoms with van der Waals surface area (Å²) in [5.41, 5.74) is 0. The molecule has 5 heteroatoms. The molecule has 0 aliphatic carbocycles. The Kier molecular flexibility index (Phi) is 5.72. The molecule has 1 unspecified atom stereocenters. The van der Waals surface area contributed by atoms with E-state index in [1.165, 1.54) is 10.4 Å². The maximum atomic E-state index is 12.0. The summed E-state index contributed by atoms with van der Waals surface area (Å²) in [6.45, 7) is 8.23. The van der Waals surface area contributed by atoms with Crippen LogP contribution in [0.15, 0.2) is 60.7 Å². The van der Waals surface area contributed by atoms with E-state index in [2.05, 4.69) is 86.8 Å². The topological polar surface area (TPSA) is 41.6 Å². The number of carbonyl (C=O) groups excluding carboxylic acids is 1. The molecule has 1 atom stereocenters. The average molecular weight is 383 g/mol. The highest BCUT2D eigenvalue weighted by Crippen LogP contribution is 2.38. The molecule has 2 aromatic carbocycles. The van der Waals surface area contributed by atoms with Crippen LogP contribution in [0.4, 0.5) is 4.79 Å². The number of likely N-dealkylation sites (tertiary alicyclic amines) is 1. The van der Waals surface area contributed by atoms with Gasteiger partial charge in [0.25, 0.3) is 8.32 Å². The normalized spacial score (nSPS) is 17.8. The molecule has 0 bridgehead atoms. The second-order valence-electron chi connectivity index (χ2n) is 8.19. The van der Waals surface area contributed by atoms with Crippen molar-refractivity contribution in [1.29, 1.82) is 0 Å². The van der Waals surface area contributed by atoms with Crippen molar-refractivity contribution < 1.29 is 9.22 Å². The number of urea groups is 1. The Bertz CT molecular complexity index is 719. The van der Waals surface area contributed by atoms with Gasteiger partial charge in [0.2, 0.25) is 0 Å². The van der Waals surface area contributed by atoms with Gasteiger partial charge < -0.3 is 14.6 Å². The maximum absolute atomic E-state index is 12.0. The zero-order valence-corrected chi connectivity index (χ0v) is 17.7. The van der Waals surface area contributed by atoms with Crippen LogP contribution in [0.3, 0.4) is 0 Å². The maximum Gasteiger partial charge on any atom is 0.317 e. The van der Waals surface area contributed by atoms with Gasteiger partial charge in [-0.3, -0.25) is 0 Å². The van der Waals surface area contributed by atoms with Gasteiger partial charge in [0.15, 0.2) is 0 Å². The second-order valence-corrected chi connectivity index (χ2v) is 12.4. The van der Waals surface area contributed by atoms with E-state index in [0.29, 0.717) is 6.54 Å². The number of carbonyl (C=O) groups is 1. The number of nitrogens with zero attached hydrogens (tertiary/aromatic N) is 1. The summed E-state index contributed by atoms with van der Waals surface area (Å²) in [6.07, 6.45) is 0.923.